The Labute approximate surface area is 124 Å². The molecule has 7 nitrogen and oxygen atoms in total. The zero-order valence-corrected chi connectivity index (χ0v) is 13.7. The Hall–Kier alpha value is -1.02. The van der Waals surface area contributed by atoms with E-state index in [1.165, 1.54) is 27.7 Å². The fraction of sp³-hybridized carbons (Fsp3) is 0.667. The first-order chi connectivity index (χ1) is 9.15. The van der Waals surface area contributed by atoms with Crippen molar-refractivity contribution in [3.05, 3.63) is 0 Å². The molecule has 0 aromatic heterocycles. The Kier molecular flexibility index (Phi) is 13.8. The van der Waals surface area contributed by atoms with Gasteiger partial charge >= 0.3 is 40.7 Å². The van der Waals surface area contributed by atoms with Crippen LogP contribution < -0.4 is 8.33 Å². The summed E-state index contributed by atoms with van der Waals surface area (Å²) in [5, 5.41) is 0. The topological polar surface area (TPSA) is 109 Å². The summed E-state index contributed by atoms with van der Waals surface area (Å²) in [5.41, 5.74) is 0. The summed E-state index contributed by atoms with van der Waals surface area (Å²) in [6.45, 7) is 7.37. The molecule has 0 unspecified atom stereocenters. The molecule has 115 valence electrons. The van der Waals surface area contributed by atoms with E-state index < -0.39 is 15.6 Å². The number of carbonyl (C=O) groups excluding carboxylic acids is 4. The molecule has 1 aliphatic rings. The van der Waals surface area contributed by atoms with Crippen LogP contribution in [0.25, 0.3) is 0 Å². The van der Waals surface area contributed by atoms with Crippen molar-refractivity contribution in [3.63, 3.8) is 0 Å². The van der Waals surface area contributed by atoms with Crippen LogP contribution in [0.3, 0.4) is 0 Å². The van der Waals surface area contributed by atoms with Crippen molar-refractivity contribution in [2.24, 2.45) is 0 Å². The van der Waals surface area contributed by atoms with E-state index in [1.807, 2.05) is 0 Å². The summed E-state index contributed by atoms with van der Waals surface area (Å²) in [7, 11) is 0. The van der Waals surface area contributed by atoms with Crippen LogP contribution in [-0.2, 0) is 38.4 Å². The number of hydrogen-bond acceptors (Lipinski definition) is 5. The van der Waals surface area contributed by atoms with Crippen LogP contribution in [0, 0.1) is 0 Å². The number of rotatable bonds is 4. The van der Waals surface area contributed by atoms with Crippen LogP contribution in [0.15, 0.2) is 0 Å². The number of nitrogens with one attached hydrogen (secondary N) is 2. The van der Waals surface area contributed by atoms with E-state index in [4.69, 9.17) is 0 Å². The molecule has 0 amide bonds. The van der Waals surface area contributed by atoms with E-state index in [1.54, 1.807) is 0 Å². The van der Waals surface area contributed by atoms with E-state index in [0.717, 1.165) is 13.1 Å². The summed E-state index contributed by atoms with van der Waals surface area (Å²) >= 11 is -1.85. The summed E-state index contributed by atoms with van der Waals surface area (Å²) in [4.78, 5) is 40.1. The molecule has 0 aromatic carbocycles. The predicted octanol–water partition coefficient (Wildman–Crippen LogP) is 0.0819. The number of Topliss-reactive ketones (excluding diaryl/α,β-unsaturated/α-hetero) is 4. The zero-order valence-electron chi connectivity index (χ0n) is 12.3. The molecule has 1 heterocycles. The Morgan fingerprint density at radius 2 is 1.00 bits per heavy atom. The third-order valence-electron chi connectivity index (χ3n) is 1.63. The summed E-state index contributed by atoms with van der Waals surface area (Å²) < 4.78 is 15.8. The molecule has 2 N–H and O–H groups in total. The Morgan fingerprint density at radius 3 is 1.05 bits per heavy atom. The average Bonchev–Trinajstić information content (AvgIpc) is 2.66. The van der Waals surface area contributed by atoms with E-state index >= 15 is 0 Å². The maximum atomic E-state index is 10.2. The van der Waals surface area contributed by atoms with E-state index in [0.29, 0.717) is 0 Å². The first-order valence-electron chi connectivity index (χ1n) is 6.07. The molecule has 8 heteroatoms. The second-order valence-electron chi connectivity index (χ2n) is 4.27. The number of ketones is 4. The molecule has 1 fully saturated rings. The van der Waals surface area contributed by atoms with Crippen LogP contribution in [-0.4, -0.2) is 36.2 Å². The van der Waals surface area contributed by atoms with Crippen molar-refractivity contribution in [3.8, 4) is 0 Å². The van der Waals surface area contributed by atoms with Gasteiger partial charge in [0, 0.05) is 0 Å². The monoisotopic (exact) mass is 325 g/mol. The van der Waals surface area contributed by atoms with Crippen LogP contribution in [0.4, 0.5) is 0 Å². The van der Waals surface area contributed by atoms with Gasteiger partial charge in [0.25, 0.3) is 0 Å². The van der Waals surface area contributed by atoms with Crippen molar-refractivity contribution >= 4 is 23.1 Å². The molecule has 0 spiro atoms. The third kappa shape index (κ3) is 22.2. The van der Waals surface area contributed by atoms with Crippen molar-refractivity contribution in [1.82, 2.24) is 8.33 Å². The first kappa shape index (κ1) is 21.3. The van der Waals surface area contributed by atoms with Crippen molar-refractivity contribution < 1.29 is 38.4 Å². The van der Waals surface area contributed by atoms with Gasteiger partial charge in [0.2, 0.25) is 0 Å². The van der Waals surface area contributed by atoms with E-state index in [2.05, 4.69) is 8.33 Å². The maximum absolute atomic E-state index is 10.2. The van der Waals surface area contributed by atoms with Gasteiger partial charge in [0.15, 0.2) is 0 Å². The predicted molar refractivity (Wildman–Crippen MR) is 68.6 cm³/mol. The van der Waals surface area contributed by atoms with Gasteiger partial charge in [-0.2, -0.15) is 0 Å². The Bertz CT molecular complexity index is 324. The van der Waals surface area contributed by atoms with Crippen LogP contribution in [0.5, 0.6) is 0 Å². The summed E-state index contributed by atoms with van der Waals surface area (Å²) in [5.74, 6) is -0.250. The second-order valence-corrected chi connectivity index (χ2v) is 6.18. The quantitative estimate of drug-likeness (QED) is 0.705. The normalized spacial score (nSPS) is 12.5. The van der Waals surface area contributed by atoms with Gasteiger partial charge in [0.05, 0.1) is 12.8 Å². The van der Waals surface area contributed by atoms with Gasteiger partial charge < -0.3 is 0 Å². The Balaban J connectivity index is 0. The second kappa shape index (κ2) is 13.0. The summed E-state index contributed by atoms with van der Waals surface area (Å²) in [6.07, 6.45) is 0.167. The molecule has 0 radical (unpaired) electrons. The molecule has 0 saturated carbocycles. The fourth-order valence-corrected chi connectivity index (χ4v) is 2.23. The molecule has 1 rings (SSSR count). The van der Waals surface area contributed by atoms with Gasteiger partial charge in [0.1, 0.15) is 23.1 Å². The van der Waals surface area contributed by atoms with Crippen molar-refractivity contribution in [2.45, 2.75) is 40.5 Å². The molecular formula is C12H22N2O5V. The van der Waals surface area contributed by atoms with Gasteiger partial charge in [-0.25, -0.2) is 0 Å². The zero-order chi connectivity index (χ0) is 16.1. The molecule has 0 aromatic rings. The SMILES string of the molecule is CC(=O)CC(C)=O.CC(=O)CC(C)=O.[O]=[V]1[NH]CC[NH]1. The number of hydrogen-bond donors (Lipinski definition) is 2. The number of carbonyl (C=O) groups is 4. The van der Waals surface area contributed by atoms with Gasteiger partial charge in [-0.05, 0) is 27.7 Å². The van der Waals surface area contributed by atoms with Crippen LogP contribution >= 0.6 is 0 Å². The average molecular weight is 325 g/mol. The first-order valence-corrected chi connectivity index (χ1v) is 8.03. The Morgan fingerprint density at radius 1 is 0.750 bits per heavy atom. The standard InChI is InChI=1S/2C5H8O2.C2H6N2.O.V/c2*1-4(6)3-5(2)7;3-1-2-4;;/h2*3H2,1-2H3;3-4H,1-2H2;;/q;;-2;;+2. The molecule has 20 heavy (non-hydrogen) atoms. The minimum atomic E-state index is -1.85. The fourth-order valence-electron chi connectivity index (χ4n) is 1.07. The van der Waals surface area contributed by atoms with Crippen molar-refractivity contribution in [2.75, 3.05) is 13.1 Å². The van der Waals surface area contributed by atoms with E-state index in [-0.39, 0.29) is 36.0 Å². The minimum absolute atomic E-state index is 0.0625. The molecule has 1 saturated heterocycles. The van der Waals surface area contributed by atoms with Crippen LogP contribution in [0.2, 0.25) is 0 Å². The van der Waals surface area contributed by atoms with E-state index in [9.17, 15) is 22.9 Å². The van der Waals surface area contributed by atoms with Gasteiger partial charge in [-0.3, -0.25) is 19.2 Å². The molecule has 0 bridgehead atoms. The van der Waals surface area contributed by atoms with Gasteiger partial charge in [-0.15, -0.1) is 0 Å². The molecule has 0 aliphatic carbocycles. The molecular weight excluding hydrogens is 303 g/mol. The van der Waals surface area contributed by atoms with Crippen molar-refractivity contribution in [1.29, 1.82) is 0 Å². The van der Waals surface area contributed by atoms with Gasteiger partial charge in [-0.1, -0.05) is 0 Å². The summed E-state index contributed by atoms with van der Waals surface area (Å²) in [6, 6.07) is 0. The van der Waals surface area contributed by atoms with Crippen LogP contribution in [0.1, 0.15) is 40.5 Å². The molecule has 1 aliphatic heterocycles. The third-order valence-corrected chi connectivity index (χ3v) is 3.23. The molecule has 0 atom stereocenters.